The summed E-state index contributed by atoms with van der Waals surface area (Å²) in [7, 11) is 0. The molecular weight excluding hydrogens is 369 g/mol. The summed E-state index contributed by atoms with van der Waals surface area (Å²) in [6.07, 6.45) is -2.63. The molecule has 3 rings (SSSR count). The third-order valence-corrected chi connectivity index (χ3v) is 5.82. The molecule has 7 heteroatoms. The Labute approximate surface area is 164 Å². The molecule has 0 N–H and O–H groups in total. The van der Waals surface area contributed by atoms with Crippen molar-refractivity contribution < 1.29 is 22.7 Å². The summed E-state index contributed by atoms with van der Waals surface area (Å²) in [6, 6.07) is 5.51. The van der Waals surface area contributed by atoms with Crippen LogP contribution in [0.3, 0.4) is 0 Å². The number of alkyl halides is 3. The summed E-state index contributed by atoms with van der Waals surface area (Å²) in [4.78, 5) is 17.0. The van der Waals surface area contributed by atoms with Gasteiger partial charge >= 0.3 is 12.2 Å². The Bertz CT molecular complexity index is 676. The topological polar surface area (TPSA) is 32.8 Å². The van der Waals surface area contributed by atoms with Gasteiger partial charge in [-0.2, -0.15) is 13.2 Å². The fourth-order valence-electron chi connectivity index (χ4n) is 4.24. The van der Waals surface area contributed by atoms with E-state index in [1.165, 1.54) is 0 Å². The number of morpholine rings is 1. The van der Waals surface area contributed by atoms with E-state index in [-0.39, 0.29) is 23.4 Å². The van der Waals surface area contributed by atoms with E-state index in [0.29, 0.717) is 32.8 Å². The van der Waals surface area contributed by atoms with E-state index in [0.717, 1.165) is 30.5 Å². The number of halogens is 3. The lowest BCUT2D eigenvalue weighted by Crippen LogP contribution is -2.57. The first-order valence-corrected chi connectivity index (χ1v) is 9.88. The van der Waals surface area contributed by atoms with Gasteiger partial charge < -0.3 is 14.5 Å². The third kappa shape index (κ3) is 4.62. The van der Waals surface area contributed by atoms with E-state index >= 15 is 0 Å². The Morgan fingerprint density at radius 2 is 1.64 bits per heavy atom. The zero-order chi connectivity index (χ0) is 20.5. The predicted molar refractivity (Wildman–Crippen MR) is 101 cm³/mol. The van der Waals surface area contributed by atoms with Crippen LogP contribution in [0.2, 0.25) is 0 Å². The Morgan fingerprint density at radius 3 is 2.18 bits per heavy atom. The van der Waals surface area contributed by atoms with Crippen LogP contribution in [0.15, 0.2) is 24.3 Å². The quantitative estimate of drug-likeness (QED) is 0.684. The van der Waals surface area contributed by atoms with Crippen molar-refractivity contribution in [2.24, 2.45) is 5.41 Å². The molecular formula is C21H29F3N2O2. The van der Waals surface area contributed by atoms with Gasteiger partial charge in [-0.1, -0.05) is 32.9 Å². The molecule has 156 valence electrons. The Morgan fingerprint density at radius 1 is 1.04 bits per heavy atom. The lowest BCUT2D eigenvalue weighted by atomic mass is 9.77. The van der Waals surface area contributed by atoms with E-state index in [1.54, 1.807) is 12.1 Å². The van der Waals surface area contributed by atoms with Crippen molar-refractivity contribution in [2.75, 3.05) is 32.8 Å². The molecule has 0 spiro atoms. The van der Waals surface area contributed by atoms with Crippen LogP contribution in [0, 0.1) is 5.41 Å². The van der Waals surface area contributed by atoms with Crippen LogP contribution in [-0.4, -0.2) is 54.7 Å². The lowest BCUT2D eigenvalue weighted by Gasteiger charge is -2.48. The molecule has 4 nitrogen and oxygen atoms in total. The molecule has 1 aromatic rings. The summed E-state index contributed by atoms with van der Waals surface area (Å²) < 4.78 is 43.9. The zero-order valence-corrected chi connectivity index (χ0v) is 16.8. The first-order valence-electron chi connectivity index (χ1n) is 9.88. The molecule has 28 heavy (non-hydrogen) atoms. The van der Waals surface area contributed by atoms with Gasteiger partial charge in [0.05, 0.1) is 18.8 Å². The summed E-state index contributed by atoms with van der Waals surface area (Å²) in [5, 5.41) is 0. The lowest BCUT2D eigenvalue weighted by molar-refractivity contribution is -0.137. The van der Waals surface area contributed by atoms with Crippen molar-refractivity contribution in [3.8, 4) is 0 Å². The number of rotatable bonds is 1. The van der Waals surface area contributed by atoms with E-state index in [4.69, 9.17) is 4.74 Å². The van der Waals surface area contributed by atoms with Crippen molar-refractivity contribution in [3.63, 3.8) is 0 Å². The highest BCUT2D eigenvalue weighted by Gasteiger charge is 2.40. The van der Waals surface area contributed by atoms with Crippen LogP contribution in [0.1, 0.15) is 50.7 Å². The molecule has 2 saturated heterocycles. The van der Waals surface area contributed by atoms with Gasteiger partial charge in [0.25, 0.3) is 0 Å². The minimum absolute atomic E-state index is 0.0137. The van der Waals surface area contributed by atoms with Crippen molar-refractivity contribution in [1.82, 2.24) is 9.80 Å². The average Bonchev–Trinajstić information content (AvgIpc) is 2.66. The van der Waals surface area contributed by atoms with Crippen LogP contribution >= 0.6 is 0 Å². The molecule has 2 amide bonds. The number of piperidine rings is 1. The van der Waals surface area contributed by atoms with E-state index in [2.05, 4.69) is 20.8 Å². The van der Waals surface area contributed by atoms with Crippen molar-refractivity contribution in [2.45, 2.75) is 51.7 Å². The number of urea groups is 1. The van der Waals surface area contributed by atoms with Gasteiger partial charge in [-0.05, 0) is 36.0 Å². The molecule has 2 heterocycles. The third-order valence-electron chi connectivity index (χ3n) is 5.82. The van der Waals surface area contributed by atoms with E-state index in [9.17, 15) is 18.0 Å². The van der Waals surface area contributed by atoms with Crippen LogP contribution in [0.5, 0.6) is 0 Å². The first kappa shape index (κ1) is 21.0. The summed E-state index contributed by atoms with van der Waals surface area (Å²) in [5.41, 5.74) is 0.161. The highest BCUT2D eigenvalue weighted by Crippen LogP contribution is 2.39. The summed E-state index contributed by atoms with van der Waals surface area (Å²) in [5.74, 6) is 0.0471. The number of carbonyl (C=O) groups excluding carboxylic acids is 1. The molecule has 0 aromatic heterocycles. The molecule has 0 saturated carbocycles. The highest BCUT2D eigenvalue weighted by atomic mass is 19.4. The maximum atomic E-state index is 13.2. The molecule has 1 aromatic carbocycles. The second-order valence-corrected chi connectivity index (χ2v) is 8.81. The molecule has 2 unspecified atom stereocenters. The van der Waals surface area contributed by atoms with Gasteiger partial charge in [-0.15, -0.1) is 0 Å². The van der Waals surface area contributed by atoms with Gasteiger partial charge in [0.1, 0.15) is 0 Å². The molecule has 0 bridgehead atoms. The molecule has 2 atom stereocenters. The van der Waals surface area contributed by atoms with Crippen LogP contribution in [0.4, 0.5) is 18.0 Å². The Hall–Kier alpha value is -1.76. The van der Waals surface area contributed by atoms with E-state index < -0.39 is 11.7 Å². The maximum absolute atomic E-state index is 13.2. The standard InChI is InChI=1S/C21H29F3N2O2/c1-20(2,3)18-9-6-16(15-4-7-17(8-5-15)21(22,23)24)14-26(18)19(27)25-10-12-28-13-11-25/h4-5,7-8,16,18H,6,9-14H2,1-3H3. The number of hydrogen-bond acceptors (Lipinski definition) is 2. The number of amides is 2. The average molecular weight is 398 g/mol. The van der Waals surface area contributed by atoms with Crippen molar-refractivity contribution >= 4 is 6.03 Å². The molecule has 2 fully saturated rings. The molecule has 2 aliphatic heterocycles. The Balaban J connectivity index is 1.80. The minimum atomic E-state index is -4.33. The second-order valence-electron chi connectivity index (χ2n) is 8.81. The molecule has 2 aliphatic rings. The summed E-state index contributed by atoms with van der Waals surface area (Å²) >= 11 is 0. The van der Waals surface area contributed by atoms with Crippen LogP contribution < -0.4 is 0 Å². The predicted octanol–water partition coefficient (Wildman–Crippen LogP) is 4.75. The van der Waals surface area contributed by atoms with Gasteiger partial charge in [0, 0.05) is 31.6 Å². The zero-order valence-electron chi connectivity index (χ0n) is 16.8. The molecule has 0 radical (unpaired) electrons. The number of nitrogens with zero attached hydrogens (tertiary/aromatic N) is 2. The van der Waals surface area contributed by atoms with Crippen molar-refractivity contribution in [1.29, 1.82) is 0 Å². The number of hydrogen-bond donors (Lipinski definition) is 0. The molecule has 0 aliphatic carbocycles. The van der Waals surface area contributed by atoms with Gasteiger partial charge in [-0.25, -0.2) is 4.79 Å². The Kier molecular flexibility index (Phi) is 5.94. The number of carbonyl (C=O) groups is 1. The number of likely N-dealkylation sites (tertiary alicyclic amines) is 1. The SMILES string of the molecule is CC(C)(C)C1CCC(c2ccc(C(F)(F)F)cc2)CN1C(=O)N1CCOCC1. The normalized spacial score (nSPS) is 24.4. The minimum Gasteiger partial charge on any atom is -0.378 e. The largest absolute Gasteiger partial charge is 0.416 e. The second kappa shape index (κ2) is 7.93. The fourth-order valence-corrected chi connectivity index (χ4v) is 4.24. The van der Waals surface area contributed by atoms with Gasteiger partial charge in [-0.3, -0.25) is 0 Å². The summed E-state index contributed by atoms with van der Waals surface area (Å²) in [6.45, 7) is 9.18. The fraction of sp³-hybridized carbons (Fsp3) is 0.667. The van der Waals surface area contributed by atoms with E-state index in [1.807, 2.05) is 9.80 Å². The van der Waals surface area contributed by atoms with Gasteiger partial charge in [0.15, 0.2) is 0 Å². The van der Waals surface area contributed by atoms with Gasteiger partial charge in [0.2, 0.25) is 0 Å². The van der Waals surface area contributed by atoms with Crippen LogP contribution in [0.25, 0.3) is 0 Å². The van der Waals surface area contributed by atoms with Crippen molar-refractivity contribution in [3.05, 3.63) is 35.4 Å². The monoisotopic (exact) mass is 398 g/mol. The smallest absolute Gasteiger partial charge is 0.378 e. The maximum Gasteiger partial charge on any atom is 0.416 e. The number of ether oxygens (including phenoxy) is 1. The number of benzene rings is 1. The highest BCUT2D eigenvalue weighted by molar-refractivity contribution is 5.75. The first-order chi connectivity index (χ1) is 13.1. The van der Waals surface area contributed by atoms with Crippen LogP contribution in [-0.2, 0) is 10.9 Å².